The van der Waals surface area contributed by atoms with E-state index in [9.17, 15) is 9.18 Å². The van der Waals surface area contributed by atoms with Gasteiger partial charge in [0, 0.05) is 17.7 Å². The van der Waals surface area contributed by atoms with Gasteiger partial charge in [-0.2, -0.15) is 0 Å². The van der Waals surface area contributed by atoms with Gasteiger partial charge >= 0.3 is 0 Å². The first-order chi connectivity index (χ1) is 12.1. The molecule has 0 bridgehead atoms. The van der Waals surface area contributed by atoms with Gasteiger partial charge in [0.05, 0.1) is 5.75 Å². The van der Waals surface area contributed by atoms with E-state index in [0.717, 1.165) is 17.0 Å². The van der Waals surface area contributed by atoms with Gasteiger partial charge in [-0.3, -0.25) is 4.79 Å². The minimum atomic E-state index is -0.408. The SMILES string of the molecule is CCn1c(SCC(=O)c2cccc(F)c2)nnc1-c1ccccc1C. The van der Waals surface area contributed by atoms with E-state index in [1.54, 1.807) is 6.07 Å². The maximum absolute atomic E-state index is 13.3. The Labute approximate surface area is 150 Å². The fraction of sp³-hybridized carbons (Fsp3) is 0.211. The van der Waals surface area contributed by atoms with Crippen LogP contribution < -0.4 is 0 Å². The third-order valence-corrected chi connectivity index (χ3v) is 4.86. The van der Waals surface area contributed by atoms with Crippen molar-refractivity contribution in [2.24, 2.45) is 0 Å². The van der Waals surface area contributed by atoms with Gasteiger partial charge in [-0.15, -0.1) is 10.2 Å². The molecule has 0 spiro atoms. The average Bonchev–Trinajstić information content (AvgIpc) is 3.02. The number of ketones is 1. The normalized spacial score (nSPS) is 10.8. The highest BCUT2D eigenvalue weighted by molar-refractivity contribution is 7.99. The number of carbonyl (C=O) groups is 1. The Morgan fingerprint density at radius 3 is 2.68 bits per heavy atom. The predicted octanol–water partition coefficient (Wildman–Crippen LogP) is 4.39. The number of halogens is 1. The van der Waals surface area contributed by atoms with Gasteiger partial charge in [-0.05, 0) is 31.5 Å². The van der Waals surface area contributed by atoms with Gasteiger partial charge in [0.15, 0.2) is 16.8 Å². The maximum atomic E-state index is 13.3. The minimum Gasteiger partial charge on any atom is -0.302 e. The molecule has 0 saturated carbocycles. The number of hydrogen-bond acceptors (Lipinski definition) is 4. The number of nitrogens with zero attached hydrogens (tertiary/aromatic N) is 3. The standard InChI is InChI=1S/C19H18FN3OS/c1-3-23-18(16-10-5-4-7-13(16)2)21-22-19(23)25-12-17(24)14-8-6-9-15(20)11-14/h4-11H,3,12H2,1-2H3. The van der Waals surface area contributed by atoms with Gasteiger partial charge in [-0.1, -0.05) is 48.2 Å². The summed E-state index contributed by atoms with van der Waals surface area (Å²) in [5.74, 6) is 0.443. The summed E-state index contributed by atoms with van der Waals surface area (Å²) in [5.41, 5.74) is 2.52. The molecule has 2 aromatic carbocycles. The Hall–Kier alpha value is -2.47. The van der Waals surface area contributed by atoms with Crippen LogP contribution in [0.3, 0.4) is 0 Å². The summed E-state index contributed by atoms with van der Waals surface area (Å²) in [4.78, 5) is 12.3. The summed E-state index contributed by atoms with van der Waals surface area (Å²) in [6, 6.07) is 13.7. The van der Waals surface area contributed by atoms with Crippen LogP contribution in [-0.4, -0.2) is 26.3 Å². The number of aryl methyl sites for hydroxylation is 1. The monoisotopic (exact) mass is 355 g/mol. The third kappa shape index (κ3) is 3.79. The molecule has 4 nitrogen and oxygen atoms in total. The Morgan fingerprint density at radius 2 is 1.96 bits per heavy atom. The van der Waals surface area contributed by atoms with Crippen molar-refractivity contribution >= 4 is 17.5 Å². The number of benzene rings is 2. The first kappa shape index (κ1) is 17.4. The summed E-state index contributed by atoms with van der Waals surface area (Å²) >= 11 is 1.32. The molecule has 3 aromatic rings. The van der Waals surface area contributed by atoms with Crippen molar-refractivity contribution in [1.29, 1.82) is 0 Å². The Kier molecular flexibility index (Phi) is 5.28. The van der Waals surface area contributed by atoms with E-state index in [1.165, 1.54) is 30.0 Å². The molecule has 0 aliphatic heterocycles. The second-order valence-electron chi connectivity index (χ2n) is 5.59. The largest absolute Gasteiger partial charge is 0.302 e. The quantitative estimate of drug-likeness (QED) is 0.486. The summed E-state index contributed by atoms with van der Waals surface area (Å²) in [5, 5.41) is 9.23. The van der Waals surface area contributed by atoms with Crippen molar-refractivity contribution in [3.05, 3.63) is 65.5 Å². The number of carbonyl (C=O) groups excluding carboxylic acids is 1. The van der Waals surface area contributed by atoms with E-state index in [2.05, 4.69) is 10.2 Å². The van der Waals surface area contributed by atoms with Crippen molar-refractivity contribution in [1.82, 2.24) is 14.8 Å². The van der Waals surface area contributed by atoms with Crippen LogP contribution in [0.5, 0.6) is 0 Å². The fourth-order valence-electron chi connectivity index (χ4n) is 2.58. The van der Waals surface area contributed by atoms with Crippen LogP contribution in [0.4, 0.5) is 4.39 Å². The van der Waals surface area contributed by atoms with Crippen LogP contribution in [0.1, 0.15) is 22.8 Å². The molecule has 0 aliphatic carbocycles. The highest BCUT2D eigenvalue weighted by Gasteiger charge is 2.16. The summed E-state index contributed by atoms with van der Waals surface area (Å²) in [6.45, 7) is 4.75. The molecule has 128 valence electrons. The molecule has 6 heteroatoms. The molecule has 0 fully saturated rings. The second-order valence-corrected chi connectivity index (χ2v) is 6.53. The number of aromatic nitrogens is 3. The molecular formula is C19H18FN3OS. The van der Waals surface area contributed by atoms with E-state index >= 15 is 0 Å². The molecular weight excluding hydrogens is 337 g/mol. The lowest BCUT2D eigenvalue weighted by Crippen LogP contribution is -2.05. The molecule has 0 amide bonds. The average molecular weight is 355 g/mol. The first-order valence-corrected chi connectivity index (χ1v) is 8.99. The highest BCUT2D eigenvalue weighted by atomic mass is 32.2. The summed E-state index contributed by atoms with van der Waals surface area (Å²) < 4.78 is 15.2. The second kappa shape index (κ2) is 7.61. The zero-order chi connectivity index (χ0) is 17.8. The molecule has 3 rings (SSSR count). The van der Waals surface area contributed by atoms with Crippen LogP contribution in [0.25, 0.3) is 11.4 Å². The first-order valence-electron chi connectivity index (χ1n) is 8.01. The fourth-order valence-corrected chi connectivity index (χ4v) is 3.48. The predicted molar refractivity (Wildman–Crippen MR) is 97.3 cm³/mol. The number of hydrogen-bond donors (Lipinski definition) is 0. The van der Waals surface area contributed by atoms with Gasteiger partial charge in [0.1, 0.15) is 5.82 Å². The van der Waals surface area contributed by atoms with Crippen LogP contribution >= 0.6 is 11.8 Å². The van der Waals surface area contributed by atoms with Crippen LogP contribution in [0.2, 0.25) is 0 Å². The molecule has 1 aromatic heterocycles. The molecule has 0 unspecified atom stereocenters. The minimum absolute atomic E-state index is 0.132. The molecule has 0 aliphatic rings. The number of rotatable bonds is 6. The van der Waals surface area contributed by atoms with E-state index < -0.39 is 5.82 Å². The van der Waals surface area contributed by atoms with Crippen molar-refractivity contribution in [3.63, 3.8) is 0 Å². The molecule has 1 heterocycles. The van der Waals surface area contributed by atoms with Crippen LogP contribution in [0.15, 0.2) is 53.7 Å². The van der Waals surface area contributed by atoms with Gasteiger partial charge in [-0.25, -0.2) is 4.39 Å². The third-order valence-electron chi connectivity index (χ3n) is 3.90. The number of Topliss-reactive ketones (excluding diaryl/α,β-unsaturated/α-hetero) is 1. The zero-order valence-electron chi connectivity index (χ0n) is 14.1. The zero-order valence-corrected chi connectivity index (χ0v) is 14.9. The number of thioether (sulfide) groups is 1. The lowest BCUT2D eigenvalue weighted by Gasteiger charge is -2.09. The van der Waals surface area contributed by atoms with Crippen molar-refractivity contribution in [2.45, 2.75) is 25.5 Å². The molecule has 0 saturated heterocycles. The Bertz CT molecular complexity index is 907. The van der Waals surface area contributed by atoms with Crippen molar-refractivity contribution in [2.75, 3.05) is 5.75 Å². The lowest BCUT2D eigenvalue weighted by atomic mass is 10.1. The summed E-state index contributed by atoms with van der Waals surface area (Å²) in [6.07, 6.45) is 0. The highest BCUT2D eigenvalue weighted by Crippen LogP contribution is 2.26. The van der Waals surface area contributed by atoms with Gasteiger partial charge in [0.25, 0.3) is 0 Å². The topological polar surface area (TPSA) is 47.8 Å². The molecule has 0 atom stereocenters. The lowest BCUT2D eigenvalue weighted by molar-refractivity contribution is 0.102. The van der Waals surface area contributed by atoms with Crippen LogP contribution in [-0.2, 0) is 6.54 Å². The molecule has 25 heavy (non-hydrogen) atoms. The summed E-state index contributed by atoms with van der Waals surface area (Å²) in [7, 11) is 0. The van der Waals surface area contributed by atoms with Crippen LogP contribution in [0, 0.1) is 12.7 Å². The Morgan fingerprint density at radius 1 is 1.16 bits per heavy atom. The van der Waals surface area contributed by atoms with E-state index in [0.29, 0.717) is 17.3 Å². The van der Waals surface area contributed by atoms with Crippen molar-refractivity contribution < 1.29 is 9.18 Å². The van der Waals surface area contributed by atoms with Crippen molar-refractivity contribution in [3.8, 4) is 11.4 Å². The van der Waals surface area contributed by atoms with Gasteiger partial charge in [0.2, 0.25) is 0 Å². The van der Waals surface area contributed by atoms with Gasteiger partial charge < -0.3 is 4.57 Å². The van der Waals surface area contributed by atoms with E-state index in [1.807, 2.05) is 42.7 Å². The van der Waals surface area contributed by atoms with E-state index in [-0.39, 0.29) is 11.5 Å². The van der Waals surface area contributed by atoms with E-state index in [4.69, 9.17) is 0 Å². The smallest absolute Gasteiger partial charge is 0.191 e. The molecule has 0 radical (unpaired) electrons. The Balaban J connectivity index is 1.80. The molecule has 0 N–H and O–H groups in total. The maximum Gasteiger partial charge on any atom is 0.191 e.